The molecule has 2 aromatic heterocycles. The lowest BCUT2D eigenvalue weighted by molar-refractivity contribution is 1.19. The lowest BCUT2D eigenvalue weighted by atomic mass is 9.82. The number of fused-ring (bicyclic) bond motifs is 9. The van der Waals surface area contributed by atoms with Gasteiger partial charge in [0.05, 0.1) is 28.3 Å². The Morgan fingerprint density at radius 3 is 1.62 bits per heavy atom. The summed E-state index contributed by atoms with van der Waals surface area (Å²) in [6, 6.07) is 67.4. The van der Waals surface area contributed by atoms with E-state index in [-0.39, 0.29) is 0 Å². The van der Waals surface area contributed by atoms with Gasteiger partial charge in [0.2, 0.25) is 0 Å². The van der Waals surface area contributed by atoms with Crippen LogP contribution in [-0.4, -0.2) is 26.4 Å². The molecule has 0 spiro atoms. The number of rotatable bonds is 5. The molecule has 0 radical (unpaired) electrons. The molecule has 6 heteroatoms. The minimum Gasteiger partial charge on any atom is -0.298 e. The quantitative estimate of drug-likeness (QED) is 0.134. The molecule has 63 heavy (non-hydrogen) atoms. The van der Waals surface area contributed by atoms with Crippen LogP contribution in [0.15, 0.2) is 199 Å². The van der Waals surface area contributed by atoms with E-state index in [0.717, 1.165) is 99.4 Å². The average molecular weight is 822 g/mol. The lowest BCUT2D eigenvalue weighted by Gasteiger charge is -2.23. The van der Waals surface area contributed by atoms with Crippen molar-refractivity contribution in [3.63, 3.8) is 0 Å². The van der Waals surface area contributed by atoms with Crippen LogP contribution in [0.4, 0.5) is 0 Å². The molecular weight excluding hydrogens is 787 g/mol. The summed E-state index contributed by atoms with van der Waals surface area (Å²) < 4.78 is 4.44. The Kier molecular flexibility index (Phi) is 8.66. The number of allylic oxidation sites excluding steroid dienone is 1. The van der Waals surface area contributed by atoms with Crippen LogP contribution in [0.2, 0.25) is 0 Å². The Hall–Kier alpha value is -8.06. The topological polar surface area (TPSA) is 74.9 Å². The molecule has 1 aliphatic rings. The summed E-state index contributed by atoms with van der Waals surface area (Å²) in [5, 5.41) is 19.8. The van der Waals surface area contributed by atoms with Crippen LogP contribution in [0.5, 0.6) is 0 Å². The van der Waals surface area contributed by atoms with Gasteiger partial charge in [-0.1, -0.05) is 170 Å². The van der Waals surface area contributed by atoms with Crippen molar-refractivity contribution < 1.29 is 0 Å². The number of nitrogens with zero attached hydrogens (tertiary/aromatic N) is 4. The van der Waals surface area contributed by atoms with Gasteiger partial charge < -0.3 is 0 Å². The molecule has 0 atom stereocenters. The summed E-state index contributed by atoms with van der Waals surface area (Å²) in [7, 11) is 0. The molecule has 0 aliphatic heterocycles. The van der Waals surface area contributed by atoms with Gasteiger partial charge in [0.15, 0.2) is 5.82 Å². The molecule has 0 saturated carbocycles. The third kappa shape index (κ3) is 6.06. The van der Waals surface area contributed by atoms with Crippen LogP contribution < -0.4 is 0 Å². The highest BCUT2D eigenvalue weighted by Gasteiger charge is 2.29. The van der Waals surface area contributed by atoms with Gasteiger partial charge in [-0.15, -0.1) is 0 Å². The Morgan fingerprint density at radius 1 is 0.429 bits per heavy atom. The van der Waals surface area contributed by atoms with Crippen LogP contribution in [0.25, 0.3) is 111 Å². The van der Waals surface area contributed by atoms with E-state index in [0.29, 0.717) is 17.2 Å². The Morgan fingerprint density at radius 2 is 0.952 bits per heavy atom. The number of pyridine rings is 1. The normalized spacial score (nSPS) is 13.3. The van der Waals surface area contributed by atoms with Crippen LogP contribution in [0.3, 0.4) is 0 Å². The van der Waals surface area contributed by atoms with Crippen LogP contribution in [-0.2, 0) is 0 Å². The smallest absolute Gasteiger partial charge is 0.161 e. The van der Waals surface area contributed by atoms with Gasteiger partial charge in [0, 0.05) is 44.3 Å². The fourth-order valence-corrected chi connectivity index (χ4v) is 9.63. The summed E-state index contributed by atoms with van der Waals surface area (Å²) >= 11 is 4.45. The Balaban J connectivity index is 1.06. The number of para-hydroxylation sites is 1. The van der Waals surface area contributed by atoms with Crippen LogP contribution in [0, 0.1) is 5.41 Å². The predicted molar refractivity (Wildman–Crippen MR) is 267 cm³/mol. The van der Waals surface area contributed by atoms with E-state index >= 15 is 0 Å². The second-order valence-electron chi connectivity index (χ2n) is 15.9. The molecule has 0 amide bonds. The fraction of sp³-hybridized carbons (Fsp3) is 0. The highest BCUT2D eigenvalue weighted by Crippen LogP contribution is 2.41. The van der Waals surface area contributed by atoms with Gasteiger partial charge in [0.25, 0.3) is 0 Å². The van der Waals surface area contributed by atoms with Crippen molar-refractivity contribution in [3.8, 4) is 45.2 Å². The van der Waals surface area contributed by atoms with Crippen molar-refractivity contribution in [2.45, 2.75) is 0 Å². The maximum absolute atomic E-state index is 9.59. The van der Waals surface area contributed by atoms with Gasteiger partial charge in [-0.25, -0.2) is 19.3 Å². The number of thiol groups is 1. The molecular formula is C57H35N5S. The summed E-state index contributed by atoms with van der Waals surface area (Å²) in [4.78, 5) is 16.0. The average Bonchev–Trinajstić information content (AvgIpc) is 3.35. The van der Waals surface area contributed by atoms with Gasteiger partial charge in [-0.05, 0) is 91.8 Å². The number of nitrogens with one attached hydrogen (secondary N) is 1. The standard InChI is InChI=1S/C57H35N5S/c58-54-53-45-24-12-13-25-50(45)59-55(36-14-2-1-3-15-36)49(53)32-46(56(54)62-63)34-26-28-35(29-27-34)51-33-52(47-30-37-16-4-6-18-39(37)41-20-8-10-22-43(41)47)61-57(60-51)48-31-38-17-5-7-19-40(38)42-21-9-11-23-44(42)48/h1-33,58,63H. The van der Waals surface area contributed by atoms with Crippen molar-refractivity contribution in [3.05, 3.63) is 211 Å². The zero-order valence-electron chi connectivity index (χ0n) is 33.8. The van der Waals surface area contributed by atoms with Crippen molar-refractivity contribution in [2.24, 2.45) is 4.40 Å². The third-order valence-electron chi connectivity index (χ3n) is 12.4. The largest absolute Gasteiger partial charge is 0.298 e. The number of hydrogen-bond donors (Lipinski definition) is 2. The van der Waals surface area contributed by atoms with Gasteiger partial charge in [0.1, 0.15) is 5.71 Å². The summed E-state index contributed by atoms with van der Waals surface area (Å²) in [6.45, 7) is 0. The second kappa shape index (κ2) is 14.8. The number of benzene rings is 9. The Labute approximate surface area is 368 Å². The molecule has 12 rings (SSSR count). The van der Waals surface area contributed by atoms with E-state index in [1.165, 1.54) is 16.2 Å². The van der Waals surface area contributed by atoms with E-state index in [4.69, 9.17) is 15.0 Å². The SMILES string of the molecule is N=C1C(=NS)C(c2ccc(-c3cc(-c4cc5ccccc5c5ccccc45)nc(-c4cc5ccccc5c5ccccc45)n3)cc2)=Cc2c(-c3ccccc3)nc3ccccc3c21. The minimum absolute atomic E-state index is 0.313. The fourth-order valence-electron chi connectivity index (χ4n) is 9.42. The van der Waals surface area contributed by atoms with Crippen LogP contribution >= 0.6 is 12.8 Å². The monoisotopic (exact) mass is 821 g/mol. The molecule has 1 N–H and O–H groups in total. The predicted octanol–water partition coefficient (Wildman–Crippen LogP) is 14.5. The first-order valence-electron chi connectivity index (χ1n) is 20.9. The number of hydrogen-bond acceptors (Lipinski definition) is 6. The zero-order valence-corrected chi connectivity index (χ0v) is 34.7. The van der Waals surface area contributed by atoms with Crippen LogP contribution in [0.1, 0.15) is 16.7 Å². The number of aromatic nitrogens is 3. The van der Waals surface area contributed by atoms with Crippen molar-refractivity contribution >= 4 is 89.9 Å². The van der Waals surface area contributed by atoms with Crippen molar-refractivity contribution in [1.82, 2.24) is 15.0 Å². The zero-order chi connectivity index (χ0) is 42.0. The maximum Gasteiger partial charge on any atom is 0.161 e. The molecule has 11 aromatic rings. The first-order chi connectivity index (χ1) is 31.1. The summed E-state index contributed by atoms with van der Waals surface area (Å²) in [6.07, 6.45) is 2.12. The third-order valence-corrected chi connectivity index (χ3v) is 12.6. The minimum atomic E-state index is 0.313. The highest BCUT2D eigenvalue weighted by atomic mass is 32.1. The molecule has 0 unspecified atom stereocenters. The molecule has 2 heterocycles. The van der Waals surface area contributed by atoms with Crippen molar-refractivity contribution in [1.29, 1.82) is 5.41 Å². The molecule has 1 aliphatic carbocycles. The first-order valence-corrected chi connectivity index (χ1v) is 21.3. The van der Waals surface area contributed by atoms with E-state index in [1.807, 2.05) is 42.5 Å². The molecule has 0 bridgehead atoms. The van der Waals surface area contributed by atoms with E-state index in [1.54, 1.807) is 0 Å². The van der Waals surface area contributed by atoms with Crippen molar-refractivity contribution in [2.75, 3.05) is 0 Å². The van der Waals surface area contributed by atoms with E-state index in [2.05, 4.69) is 175 Å². The maximum atomic E-state index is 9.59. The first kappa shape index (κ1) is 36.8. The molecule has 9 aromatic carbocycles. The van der Waals surface area contributed by atoms with Gasteiger partial charge in [-0.3, -0.25) is 5.41 Å². The molecule has 5 nitrogen and oxygen atoms in total. The lowest BCUT2D eigenvalue weighted by Crippen LogP contribution is -2.22. The molecule has 0 fully saturated rings. The summed E-state index contributed by atoms with van der Waals surface area (Å²) in [5.41, 5.74) is 11.5. The van der Waals surface area contributed by atoms with Gasteiger partial charge in [-0.2, -0.15) is 0 Å². The molecule has 294 valence electrons. The summed E-state index contributed by atoms with van der Waals surface area (Å²) in [5.74, 6) is 0.656. The van der Waals surface area contributed by atoms with E-state index < -0.39 is 0 Å². The van der Waals surface area contributed by atoms with Gasteiger partial charge >= 0.3 is 0 Å². The van der Waals surface area contributed by atoms with E-state index in [9.17, 15) is 5.41 Å². The highest BCUT2D eigenvalue weighted by molar-refractivity contribution is 7.79. The molecule has 0 saturated heterocycles. The Bertz CT molecular complexity index is 3620. The second-order valence-corrected chi connectivity index (χ2v) is 16.1.